The first-order valence-electron chi connectivity index (χ1n) is 7.63. The average molecular weight is 515 g/mol. The van der Waals surface area contributed by atoms with Crippen LogP contribution in [0.3, 0.4) is 0 Å². The zero-order valence-corrected chi connectivity index (χ0v) is 17.2. The van der Waals surface area contributed by atoms with Crippen molar-refractivity contribution in [2.24, 2.45) is 0 Å². The van der Waals surface area contributed by atoms with E-state index in [9.17, 15) is 9.69 Å². The topological polar surface area (TPSA) is 147 Å². The predicted octanol–water partition coefficient (Wildman–Crippen LogP) is 0.747. The molecule has 2 aromatic rings. The van der Waals surface area contributed by atoms with Crippen LogP contribution in [0, 0.1) is 0 Å². The summed E-state index contributed by atoms with van der Waals surface area (Å²) >= 11 is 6.49. The van der Waals surface area contributed by atoms with Crippen LogP contribution in [-0.4, -0.2) is 48.8 Å². The van der Waals surface area contributed by atoms with Gasteiger partial charge in [-0.3, -0.25) is 18.9 Å². The van der Waals surface area contributed by atoms with Crippen molar-refractivity contribution in [3.63, 3.8) is 0 Å². The molecule has 0 amide bonds. The van der Waals surface area contributed by atoms with Gasteiger partial charge in [0.2, 0.25) is 5.95 Å². The maximum atomic E-state index is 12.0. The van der Waals surface area contributed by atoms with Crippen LogP contribution >= 0.6 is 29.7 Å². The monoisotopic (exact) mass is 515 g/mol. The highest BCUT2D eigenvalue weighted by atomic mass is 127. The summed E-state index contributed by atoms with van der Waals surface area (Å²) in [6.45, 7) is -1.23. The fourth-order valence-electron chi connectivity index (χ4n) is 3.39. The SMILES string of the molecule is CC[C@]12COC(C1OP(O)(=S)OI)[C@H](n1cnc3c(=O)[nH]c(N)nc31)O2. The normalized spacial score (nSPS) is 33.0. The third-order valence-electron chi connectivity index (χ3n) is 4.63. The lowest BCUT2D eigenvalue weighted by Crippen LogP contribution is -2.40. The molecule has 5 atom stereocenters. The summed E-state index contributed by atoms with van der Waals surface area (Å²) in [5.74, 6) is -0.0319. The van der Waals surface area contributed by atoms with Crippen molar-refractivity contribution in [2.75, 3.05) is 12.3 Å². The molecular weight excluding hydrogens is 500 g/mol. The molecule has 0 aromatic carbocycles. The van der Waals surface area contributed by atoms with E-state index in [1.54, 1.807) is 4.57 Å². The van der Waals surface area contributed by atoms with Gasteiger partial charge in [-0.2, -0.15) is 4.98 Å². The number of hydrogen-bond donors (Lipinski definition) is 3. The number of ether oxygens (including phenoxy) is 2. The minimum atomic E-state index is -3.44. The first kappa shape index (κ1) is 18.7. The molecule has 2 aromatic heterocycles. The average Bonchev–Trinajstić information content (AvgIpc) is 3.25. The molecular formula is C12H15IN5O6PS. The Morgan fingerprint density at radius 2 is 2.46 bits per heavy atom. The summed E-state index contributed by atoms with van der Waals surface area (Å²) in [5, 5.41) is 0. The van der Waals surface area contributed by atoms with Crippen molar-refractivity contribution < 1.29 is 21.7 Å². The van der Waals surface area contributed by atoms with E-state index in [1.165, 1.54) is 29.3 Å². The van der Waals surface area contributed by atoms with E-state index in [0.717, 1.165) is 0 Å². The molecule has 0 spiro atoms. The van der Waals surface area contributed by atoms with Crippen LogP contribution in [0.1, 0.15) is 19.6 Å². The van der Waals surface area contributed by atoms with E-state index in [-0.39, 0.29) is 23.7 Å². The second-order valence-electron chi connectivity index (χ2n) is 6.04. The molecule has 2 fully saturated rings. The quantitative estimate of drug-likeness (QED) is 0.385. The number of hydrogen-bond acceptors (Lipinski definition) is 9. The Labute approximate surface area is 166 Å². The standard InChI is InChI=1S/C12H15IN5O6PS/c1-2-12-3-21-6(7(12)23-25(20,26)24-13)10(22-12)18-4-15-5-8(18)16-11(14)17-9(5)19/h4,6-7,10H,2-3H2,1H3,(H,20,26)(H3,14,16,17,19)/t6?,7?,10-,12+,25?/m1/s1. The zero-order chi connectivity index (χ0) is 18.7. The lowest BCUT2D eigenvalue weighted by atomic mass is 9.96. The first-order chi connectivity index (χ1) is 12.3. The van der Waals surface area contributed by atoms with Gasteiger partial charge in [-0.25, -0.2) is 7.84 Å². The zero-order valence-electron chi connectivity index (χ0n) is 13.4. The molecule has 2 aliphatic heterocycles. The van der Waals surface area contributed by atoms with Gasteiger partial charge in [-0.1, -0.05) is 6.92 Å². The molecule has 142 valence electrons. The highest BCUT2D eigenvalue weighted by Crippen LogP contribution is 2.56. The van der Waals surface area contributed by atoms with Crippen LogP contribution in [0.25, 0.3) is 11.2 Å². The summed E-state index contributed by atoms with van der Waals surface area (Å²) in [7, 11) is 0. The maximum absolute atomic E-state index is 12.0. The van der Waals surface area contributed by atoms with Gasteiger partial charge in [-0.05, 0) is 18.2 Å². The number of halogens is 1. The fourth-order valence-corrected chi connectivity index (χ4v) is 4.58. The number of aromatic amines is 1. The highest BCUT2D eigenvalue weighted by Gasteiger charge is 2.63. The number of nitrogen functional groups attached to an aromatic ring is 1. The van der Waals surface area contributed by atoms with Gasteiger partial charge >= 0.3 is 6.72 Å². The van der Waals surface area contributed by atoms with Gasteiger partial charge in [-0.15, -0.1) is 0 Å². The first-order valence-corrected chi connectivity index (χ1v) is 11.1. The van der Waals surface area contributed by atoms with Crippen molar-refractivity contribution in [1.29, 1.82) is 0 Å². The molecule has 2 bridgehead atoms. The summed E-state index contributed by atoms with van der Waals surface area (Å²) in [6, 6.07) is 0. The molecule has 0 aliphatic carbocycles. The second kappa shape index (κ2) is 6.44. The van der Waals surface area contributed by atoms with Gasteiger partial charge in [0, 0.05) is 0 Å². The Kier molecular flexibility index (Phi) is 4.63. The Hall–Kier alpha value is -0.670. The Morgan fingerprint density at radius 3 is 3.15 bits per heavy atom. The van der Waals surface area contributed by atoms with Crippen LogP contribution in [0.4, 0.5) is 5.95 Å². The predicted molar refractivity (Wildman–Crippen MR) is 102 cm³/mol. The molecule has 0 radical (unpaired) electrons. The lowest BCUT2D eigenvalue weighted by Gasteiger charge is -2.31. The molecule has 0 saturated carbocycles. The number of nitrogens with zero attached hydrogens (tertiary/aromatic N) is 3. The lowest BCUT2D eigenvalue weighted by molar-refractivity contribution is -0.172. The van der Waals surface area contributed by atoms with Crippen LogP contribution in [-0.2, 0) is 28.7 Å². The molecule has 4 heterocycles. The van der Waals surface area contributed by atoms with Crippen molar-refractivity contribution in [3.05, 3.63) is 16.7 Å². The molecule has 2 saturated heterocycles. The number of anilines is 1. The third kappa shape index (κ3) is 2.81. The van der Waals surface area contributed by atoms with E-state index in [2.05, 4.69) is 15.0 Å². The van der Waals surface area contributed by atoms with Crippen LogP contribution in [0.2, 0.25) is 0 Å². The number of imidazole rings is 1. The van der Waals surface area contributed by atoms with Gasteiger partial charge in [0.15, 0.2) is 17.4 Å². The van der Waals surface area contributed by atoms with Gasteiger partial charge in [0.1, 0.15) is 40.8 Å². The van der Waals surface area contributed by atoms with Gasteiger partial charge in [0.25, 0.3) is 5.56 Å². The molecule has 3 unspecified atom stereocenters. The number of aromatic nitrogens is 4. The van der Waals surface area contributed by atoms with Crippen LogP contribution in [0.15, 0.2) is 11.1 Å². The summed E-state index contributed by atoms with van der Waals surface area (Å²) in [5.41, 5.74) is 4.80. The molecule has 2 aliphatic rings. The third-order valence-corrected chi connectivity index (χ3v) is 8.18. The number of nitrogens with one attached hydrogen (secondary N) is 1. The van der Waals surface area contributed by atoms with Gasteiger partial charge < -0.3 is 20.1 Å². The summed E-state index contributed by atoms with van der Waals surface area (Å²) < 4.78 is 24.2. The summed E-state index contributed by atoms with van der Waals surface area (Å²) in [6.07, 6.45) is 0.0993. The smallest absolute Gasteiger partial charge is 0.334 e. The van der Waals surface area contributed by atoms with E-state index >= 15 is 0 Å². The molecule has 4 rings (SSSR count). The van der Waals surface area contributed by atoms with Crippen molar-refractivity contribution in [3.8, 4) is 0 Å². The van der Waals surface area contributed by atoms with E-state index in [4.69, 9.17) is 34.4 Å². The number of rotatable bonds is 5. The molecule has 26 heavy (non-hydrogen) atoms. The Balaban J connectivity index is 1.76. The largest absolute Gasteiger partial charge is 0.369 e. The maximum Gasteiger partial charge on any atom is 0.334 e. The number of H-pyrrole nitrogens is 1. The second-order valence-corrected chi connectivity index (χ2v) is 9.89. The van der Waals surface area contributed by atoms with E-state index < -0.39 is 36.3 Å². The highest BCUT2D eigenvalue weighted by molar-refractivity contribution is 14.1. The molecule has 4 N–H and O–H groups in total. The molecule has 14 heteroatoms. The fraction of sp³-hybridized carbons (Fsp3) is 0.583. The van der Waals surface area contributed by atoms with Crippen LogP contribution < -0.4 is 11.3 Å². The minimum Gasteiger partial charge on any atom is -0.369 e. The minimum absolute atomic E-state index is 0.0319. The van der Waals surface area contributed by atoms with Gasteiger partial charge in [0.05, 0.1) is 12.9 Å². The number of nitrogens with two attached hydrogens (primary N) is 1. The van der Waals surface area contributed by atoms with E-state index in [0.29, 0.717) is 6.42 Å². The van der Waals surface area contributed by atoms with Crippen molar-refractivity contribution >= 4 is 58.6 Å². The van der Waals surface area contributed by atoms with Crippen molar-refractivity contribution in [2.45, 2.75) is 37.4 Å². The Bertz CT molecular complexity index is 969. The molecule has 11 nitrogen and oxygen atoms in total. The Morgan fingerprint density at radius 1 is 1.69 bits per heavy atom. The summed E-state index contributed by atoms with van der Waals surface area (Å²) in [4.78, 5) is 32.7. The van der Waals surface area contributed by atoms with Crippen molar-refractivity contribution in [1.82, 2.24) is 19.5 Å². The number of fused-ring (bicyclic) bond motifs is 3. The van der Waals surface area contributed by atoms with Crippen LogP contribution in [0.5, 0.6) is 0 Å². The van der Waals surface area contributed by atoms with E-state index in [1.807, 2.05) is 6.92 Å².